The van der Waals surface area contributed by atoms with Crippen molar-refractivity contribution in [2.24, 2.45) is 10.2 Å². The van der Waals surface area contributed by atoms with Crippen molar-refractivity contribution in [1.29, 1.82) is 0 Å². The molecule has 0 aliphatic rings. The number of rotatable bonds is 3. The molecule has 0 bridgehead atoms. The lowest BCUT2D eigenvalue weighted by molar-refractivity contribution is -0.384. The highest BCUT2D eigenvalue weighted by Crippen LogP contribution is 2.21. The van der Waals surface area contributed by atoms with Crippen molar-refractivity contribution in [3.8, 4) is 24.2 Å². The Hall–Kier alpha value is -4.22. The van der Waals surface area contributed by atoms with Gasteiger partial charge in [-0.25, -0.2) is 0 Å². The van der Waals surface area contributed by atoms with Gasteiger partial charge in [-0.3, -0.25) is 10.1 Å². The number of non-ortho nitro benzene ring substituents is 1. The zero-order valence-electron chi connectivity index (χ0n) is 14.2. The molecular formula is C22H13N3O2. The van der Waals surface area contributed by atoms with E-state index in [1.54, 1.807) is 24.3 Å². The zero-order valence-corrected chi connectivity index (χ0v) is 14.2. The quantitative estimate of drug-likeness (QED) is 0.275. The van der Waals surface area contributed by atoms with Crippen molar-refractivity contribution in [2.75, 3.05) is 0 Å². The molecule has 0 aliphatic heterocycles. The molecule has 0 amide bonds. The fraction of sp³-hybridized carbons (Fsp3) is 0. The summed E-state index contributed by atoms with van der Waals surface area (Å²) in [5.41, 5.74) is 3.78. The van der Waals surface area contributed by atoms with Gasteiger partial charge in [0.1, 0.15) is 0 Å². The third-order valence-corrected chi connectivity index (χ3v) is 3.61. The van der Waals surface area contributed by atoms with Gasteiger partial charge in [0, 0.05) is 28.8 Å². The summed E-state index contributed by atoms with van der Waals surface area (Å²) in [5, 5.41) is 18.8. The van der Waals surface area contributed by atoms with Crippen LogP contribution >= 0.6 is 0 Å². The summed E-state index contributed by atoms with van der Waals surface area (Å²) < 4.78 is 0. The standard InChI is InChI=1S/C22H13N3O2/c1-2-17-3-5-18(6-4-17)7-8-19-9-11-20(12-10-19)23-24-21-13-15-22(16-14-21)25(26)27/h1,3-6,9-16H. The molecule has 0 atom stereocenters. The van der Waals surface area contributed by atoms with Crippen LogP contribution in [0.3, 0.4) is 0 Å². The molecule has 0 heterocycles. The number of nitro groups is 1. The second-order valence-corrected chi connectivity index (χ2v) is 5.49. The number of azo groups is 1. The zero-order chi connectivity index (χ0) is 19.1. The smallest absolute Gasteiger partial charge is 0.258 e. The summed E-state index contributed by atoms with van der Waals surface area (Å²) in [4.78, 5) is 10.2. The minimum absolute atomic E-state index is 0.0193. The molecule has 5 heteroatoms. The average molecular weight is 351 g/mol. The highest BCUT2D eigenvalue weighted by Gasteiger charge is 2.03. The van der Waals surface area contributed by atoms with E-state index in [1.807, 2.05) is 36.4 Å². The first-order chi connectivity index (χ1) is 13.1. The van der Waals surface area contributed by atoms with Crippen molar-refractivity contribution in [3.63, 3.8) is 0 Å². The monoisotopic (exact) mass is 351 g/mol. The maximum atomic E-state index is 10.6. The number of benzene rings is 3. The number of nitro benzene ring substituents is 1. The minimum Gasteiger partial charge on any atom is -0.258 e. The lowest BCUT2D eigenvalue weighted by Gasteiger charge is -1.95. The van der Waals surface area contributed by atoms with Gasteiger partial charge in [-0.15, -0.1) is 6.42 Å². The van der Waals surface area contributed by atoms with Crippen LogP contribution in [-0.4, -0.2) is 4.92 Å². The van der Waals surface area contributed by atoms with Gasteiger partial charge in [0.25, 0.3) is 5.69 Å². The van der Waals surface area contributed by atoms with E-state index in [1.165, 1.54) is 12.1 Å². The van der Waals surface area contributed by atoms with Crippen LogP contribution in [0.25, 0.3) is 0 Å². The van der Waals surface area contributed by atoms with Crippen LogP contribution in [0.1, 0.15) is 16.7 Å². The summed E-state index contributed by atoms with van der Waals surface area (Å²) >= 11 is 0. The lowest BCUT2D eigenvalue weighted by atomic mass is 10.1. The first-order valence-electron chi connectivity index (χ1n) is 7.99. The van der Waals surface area contributed by atoms with Crippen LogP contribution in [0.5, 0.6) is 0 Å². The Balaban J connectivity index is 1.67. The predicted molar refractivity (Wildman–Crippen MR) is 104 cm³/mol. The van der Waals surface area contributed by atoms with E-state index >= 15 is 0 Å². The lowest BCUT2D eigenvalue weighted by Crippen LogP contribution is -1.85. The van der Waals surface area contributed by atoms with Gasteiger partial charge < -0.3 is 0 Å². The van der Waals surface area contributed by atoms with Crippen molar-refractivity contribution < 1.29 is 4.92 Å². The van der Waals surface area contributed by atoms with Crippen molar-refractivity contribution in [2.45, 2.75) is 0 Å². The van der Waals surface area contributed by atoms with Gasteiger partial charge in [0.05, 0.1) is 16.3 Å². The maximum absolute atomic E-state index is 10.6. The molecule has 0 unspecified atom stereocenters. The average Bonchev–Trinajstić information content (AvgIpc) is 2.72. The largest absolute Gasteiger partial charge is 0.269 e. The molecule has 0 saturated carbocycles. The van der Waals surface area contributed by atoms with Crippen LogP contribution in [0.15, 0.2) is 83.0 Å². The van der Waals surface area contributed by atoms with Crippen LogP contribution in [-0.2, 0) is 0 Å². The van der Waals surface area contributed by atoms with E-state index in [0.29, 0.717) is 11.4 Å². The topological polar surface area (TPSA) is 67.9 Å². The highest BCUT2D eigenvalue weighted by atomic mass is 16.6. The van der Waals surface area contributed by atoms with Crippen LogP contribution in [0.2, 0.25) is 0 Å². The van der Waals surface area contributed by atoms with E-state index < -0.39 is 4.92 Å². The Labute approximate surface area is 156 Å². The molecule has 27 heavy (non-hydrogen) atoms. The number of terminal acetylenes is 1. The molecule has 0 spiro atoms. The van der Waals surface area contributed by atoms with E-state index in [9.17, 15) is 10.1 Å². The number of nitrogens with zero attached hydrogens (tertiary/aromatic N) is 3. The Kier molecular flexibility index (Phi) is 5.37. The maximum Gasteiger partial charge on any atom is 0.269 e. The Morgan fingerprint density at radius 1 is 0.704 bits per heavy atom. The van der Waals surface area contributed by atoms with E-state index in [2.05, 4.69) is 28.0 Å². The Morgan fingerprint density at radius 2 is 1.11 bits per heavy atom. The molecule has 0 saturated heterocycles. The summed E-state index contributed by atoms with van der Waals surface area (Å²) in [6.07, 6.45) is 5.33. The Morgan fingerprint density at radius 3 is 1.56 bits per heavy atom. The van der Waals surface area contributed by atoms with Crippen molar-refractivity contribution in [3.05, 3.63) is 99.6 Å². The van der Waals surface area contributed by atoms with E-state index in [-0.39, 0.29) is 5.69 Å². The van der Waals surface area contributed by atoms with E-state index in [0.717, 1.165) is 16.7 Å². The second-order valence-electron chi connectivity index (χ2n) is 5.49. The normalized spacial score (nSPS) is 10.0. The predicted octanol–water partition coefficient (Wildman–Crippen LogP) is 5.39. The molecule has 0 N–H and O–H groups in total. The fourth-order valence-electron chi connectivity index (χ4n) is 2.16. The van der Waals surface area contributed by atoms with Gasteiger partial charge in [-0.05, 0) is 60.7 Å². The summed E-state index contributed by atoms with van der Waals surface area (Å²) in [7, 11) is 0. The SMILES string of the molecule is C#Cc1ccc(C#Cc2ccc(N=Nc3ccc([N+](=O)[O-])cc3)cc2)cc1. The first-order valence-corrected chi connectivity index (χ1v) is 7.99. The van der Waals surface area contributed by atoms with Crippen LogP contribution < -0.4 is 0 Å². The Bertz CT molecular complexity index is 1080. The van der Waals surface area contributed by atoms with Gasteiger partial charge in [0.2, 0.25) is 0 Å². The molecule has 3 aromatic carbocycles. The van der Waals surface area contributed by atoms with Gasteiger partial charge in [-0.1, -0.05) is 17.8 Å². The van der Waals surface area contributed by atoms with Crippen molar-refractivity contribution >= 4 is 17.1 Å². The fourth-order valence-corrected chi connectivity index (χ4v) is 2.16. The third kappa shape index (κ3) is 4.88. The summed E-state index contributed by atoms with van der Waals surface area (Å²) in [6, 6.07) is 20.7. The molecule has 128 valence electrons. The van der Waals surface area contributed by atoms with Crippen LogP contribution in [0.4, 0.5) is 17.1 Å². The van der Waals surface area contributed by atoms with Crippen LogP contribution in [0, 0.1) is 34.3 Å². The molecular weight excluding hydrogens is 338 g/mol. The first kappa shape index (κ1) is 17.6. The van der Waals surface area contributed by atoms with Gasteiger partial charge in [0.15, 0.2) is 0 Å². The van der Waals surface area contributed by atoms with Gasteiger partial charge in [-0.2, -0.15) is 10.2 Å². The highest BCUT2D eigenvalue weighted by molar-refractivity contribution is 5.49. The number of hydrogen-bond donors (Lipinski definition) is 0. The molecule has 0 fully saturated rings. The van der Waals surface area contributed by atoms with Gasteiger partial charge >= 0.3 is 0 Å². The minimum atomic E-state index is -0.454. The van der Waals surface area contributed by atoms with E-state index in [4.69, 9.17) is 6.42 Å². The molecule has 5 nitrogen and oxygen atoms in total. The summed E-state index contributed by atoms with van der Waals surface area (Å²) in [6.45, 7) is 0. The molecule has 3 aromatic rings. The second kappa shape index (κ2) is 8.24. The third-order valence-electron chi connectivity index (χ3n) is 3.61. The molecule has 0 aliphatic carbocycles. The molecule has 0 radical (unpaired) electrons. The summed E-state index contributed by atoms with van der Waals surface area (Å²) in [5.74, 6) is 8.72. The molecule has 3 rings (SSSR count). The molecule has 0 aromatic heterocycles. The number of hydrogen-bond acceptors (Lipinski definition) is 4. The van der Waals surface area contributed by atoms with Crippen molar-refractivity contribution in [1.82, 2.24) is 0 Å².